The summed E-state index contributed by atoms with van der Waals surface area (Å²) in [7, 11) is -3.04. The molecule has 1 saturated heterocycles. The van der Waals surface area contributed by atoms with Crippen molar-refractivity contribution in [2.75, 3.05) is 11.5 Å². The first-order valence-electron chi connectivity index (χ1n) is 7.74. The van der Waals surface area contributed by atoms with Crippen molar-refractivity contribution >= 4 is 43.1 Å². The van der Waals surface area contributed by atoms with Crippen LogP contribution in [0.2, 0.25) is 0 Å². The minimum atomic E-state index is -3.04. The Morgan fingerprint density at radius 3 is 2.72 bits per heavy atom. The predicted octanol–water partition coefficient (Wildman–Crippen LogP) is 1.93. The number of hydrogen-bond donors (Lipinski definition) is 2. The van der Waals surface area contributed by atoms with Crippen LogP contribution in [0.4, 0.5) is 4.39 Å². The third-order valence-corrected chi connectivity index (χ3v) is 7.32. The van der Waals surface area contributed by atoms with E-state index in [2.05, 4.69) is 10.9 Å². The van der Waals surface area contributed by atoms with Gasteiger partial charge in [0.1, 0.15) is 5.82 Å². The molecule has 134 valence electrons. The van der Waals surface area contributed by atoms with Crippen molar-refractivity contribution < 1.29 is 22.4 Å². The number of sulfone groups is 1. The van der Waals surface area contributed by atoms with Crippen LogP contribution in [0.1, 0.15) is 28.1 Å². The van der Waals surface area contributed by atoms with Gasteiger partial charge in [-0.05, 0) is 37.0 Å². The van der Waals surface area contributed by atoms with Crippen LogP contribution < -0.4 is 10.9 Å². The third kappa shape index (κ3) is 3.82. The lowest BCUT2D eigenvalue weighted by molar-refractivity contribution is -0.122. The van der Waals surface area contributed by atoms with E-state index in [9.17, 15) is 22.4 Å². The number of thiophene rings is 1. The molecule has 25 heavy (non-hydrogen) atoms. The second kappa shape index (κ2) is 6.72. The molecule has 0 spiro atoms. The van der Waals surface area contributed by atoms with E-state index >= 15 is 0 Å². The summed E-state index contributed by atoms with van der Waals surface area (Å²) in [5.41, 5.74) is 5.14. The van der Waals surface area contributed by atoms with E-state index < -0.39 is 27.5 Å². The Bertz CT molecular complexity index is 952. The van der Waals surface area contributed by atoms with Gasteiger partial charge in [-0.2, -0.15) is 0 Å². The summed E-state index contributed by atoms with van der Waals surface area (Å²) in [5, 5.41) is 0.403. The Morgan fingerprint density at radius 2 is 2.08 bits per heavy atom. The molecule has 9 heteroatoms. The van der Waals surface area contributed by atoms with Crippen molar-refractivity contribution in [2.45, 2.75) is 19.8 Å². The molecule has 1 unspecified atom stereocenters. The fourth-order valence-electron chi connectivity index (χ4n) is 3.00. The minimum Gasteiger partial charge on any atom is -0.273 e. The summed E-state index contributed by atoms with van der Waals surface area (Å²) < 4.78 is 37.3. The number of nitrogens with one attached hydrogen (secondary N) is 2. The smallest absolute Gasteiger partial charge is 0.273 e. The van der Waals surface area contributed by atoms with Gasteiger partial charge >= 0.3 is 0 Å². The molecule has 2 N–H and O–H groups in total. The standard InChI is InChI=1S/C16H17FN2O4S2/c1-9-14-11(17)3-2-4-12(14)24-15(9)16(21)19-18-13(20)7-10-5-6-25(22,23)8-10/h2-4,10H,5-8H2,1H3,(H,18,20)(H,19,21). The molecule has 1 aromatic carbocycles. The quantitative estimate of drug-likeness (QED) is 0.791. The largest absolute Gasteiger partial charge is 0.280 e. The van der Waals surface area contributed by atoms with Crippen LogP contribution in [0.25, 0.3) is 10.1 Å². The molecule has 0 saturated carbocycles. The monoisotopic (exact) mass is 384 g/mol. The maximum atomic E-state index is 13.9. The molecule has 1 fully saturated rings. The lowest BCUT2D eigenvalue weighted by Crippen LogP contribution is -2.42. The normalized spacial score (nSPS) is 19.0. The van der Waals surface area contributed by atoms with E-state index in [4.69, 9.17) is 0 Å². The van der Waals surface area contributed by atoms with Crippen molar-refractivity contribution in [3.05, 3.63) is 34.5 Å². The molecule has 1 aromatic heterocycles. The molecule has 3 rings (SSSR count). The second-order valence-electron chi connectivity index (χ2n) is 6.14. The topological polar surface area (TPSA) is 92.3 Å². The van der Waals surface area contributed by atoms with Crippen LogP contribution in [-0.4, -0.2) is 31.7 Å². The molecule has 1 aliphatic heterocycles. The second-order valence-corrected chi connectivity index (χ2v) is 9.43. The van der Waals surface area contributed by atoms with E-state index in [1.54, 1.807) is 19.1 Å². The summed E-state index contributed by atoms with van der Waals surface area (Å²) in [4.78, 5) is 24.5. The first-order chi connectivity index (χ1) is 11.8. The highest BCUT2D eigenvalue weighted by Gasteiger charge is 2.29. The van der Waals surface area contributed by atoms with E-state index in [1.165, 1.54) is 6.07 Å². The van der Waals surface area contributed by atoms with E-state index in [0.29, 0.717) is 26.9 Å². The molecule has 0 radical (unpaired) electrons. The van der Waals surface area contributed by atoms with E-state index in [-0.39, 0.29) is 23.8 Å². The molecule has 2 aromatic rings. The van der Waals surface area contributed by atoms with Gasteiger partial charge in [-0.3, -0.25) is 20.4 Å². The molecule has 0 bridgehead atoms. The highest BCUT2D eigenvalue weighted by atomic mass is 32.2. The maximum absolute atomic E-state index is 13.9. The molecule has 0 aliphatic carbocycles. The first kappa shape index (κ1) is 17.8. The number of rotatable bonds is 3. The zero-order valence-corrected chi connectivity index (χ0v) is 15.1. The van der Waals surface area contributed by atoms with Crippen LogP contribution in [0.5, 0.6) is 0 Å². The van der Waals surface area contributed by atoms with Crippen LogP contribution in [0.3, 0.4) is 0 Å². The Balaban J connectivity index is 1.62. The predicted molar refractivity (Wildman–Crippen MR) is 93.5 cm³/mol. The SMILES string of the molecule is Cc1c(C(=O)NNC(=O)CC2CCS(=O)(=O)C2)sc2cccc(F)c12. The number of aryl methyl sites for hydroxylation is 1. The summed E-state index contributed by atoms with van der Waals surface area (Å²) in [6.45, 7) is 1.65. The lowest BCUT2D eigenvalue weighted by atomic mass is 10.1. The lowest BCUT2D eigenvalue weighted by Gasteiger charge is -2.09. The van der Waals surface area contributed by atoms with Gasteiger partial charge in [-0.1, -0.05) is 6.07 Å². The number of carbonyl (C=O) groups excluding carboxylic acids is 2. The molecule has 2 heterocycles. The third-order valence-electron chi connectivity index (χ3n) is 4.23. The van der Waals surface area contributed by atoms with Crippen molar-refractivity contribution in [1.29, 1.82) is 0 Å². The van der Waals surface area contributed by atoms with Gasteiger partial charge < -0.3 is 0 Å². The van der Waals surface area contributed by atoms with Crippen LogP contribution >= 0.6 is 11.3 Å². The van der Waals surface area contributed by atoms with Gasteiger partial charge in [-0.25, -0.2) is 12.8 Å². The number of benzene rings is 1. The number of hydrazine groups is 1. The summed E-state index contributed by atoms with van der Waals surface area (Å²) in [6.07, 6.45) is 0.498. The Morgan fingerprint density at radius 1 is 1.32 bits per heavy atom. The van der Waals surface area contributed by atoms with Crippen LogP contribution in [0, 0.1) is 18.7 Å². The van der Waals surface area contributed by atoms with Gasteiger partial charge in [0, 0.05) is 16.5 Å². The highest BCUT2D eigenvalue weighted by molar-refractivity contribution is 7.91. The number of carbonyl (C=O) groups is 2. The fourth-order valence-corrected chi connectivity index (χ4v) is 5.98. The Hall–Kier alpha value is -2.00. The fraction of sp³-hybridized carbons (Fsp3) is 0.375. The zero-order valence-electron chi connectivity index (χ0n) is 13.5. The average molecular weight is 384 g/mol. The van der Waals surface area contributed by atoms with Crippen molar-refractivity contribution in [2.24, 2.45) is 5.92 Å². The van der Waals surface area contributed by atoms with E-state index in [0.717, 1.165) is 11.3 Å². The van der Waals surface area contributed by atoms with Crippen molar-refractivity contribution in [3.63, 3.8) is 0 Å². The van der Waals surface area contributed by atoms with Crippen molar-refractivity contribution in [3.8, 4) is 0 Å². The first-order valence-corrected chi connectivity index (χ1v) is 10.4. The van der Waals surface area contributed by atoms with Crippen LogP contribution in [0.15, 0.2) is 18.2 Å². The molecule has 1 aliphatic rings. The summed E-state index contributed by atoms with van der Waals surface area (Å²) >= 11 is 1.15. The Labute approximate surface area is 148 Å². The van der Waals surface area contributed by atoms with Crippen molar-refractivity contribution in [1.82, 2.24) is 10.9 Å². The molecule has 6 nitrogen and oxygen atoms in total. The molecule has 2 amide bonds. The average Bonchev–Trinajstić information content (AvgIpc) is 3.05. The number of fused-ring (bicyclic) bond motifs is 1. The zero-order chi connectivity index (χ0) is 18.2. The van der Waals surface area contributed by atoms with Gasteiger partial charge in [-0.15, -0.1) is 11.3 Å². The molecular weight excluding hydrogens is 367 g/mol. The van der Waals surface area contributed by atoms with E-state index in [1.807, 2.05) is 0 Å². The number of halogens is 1. The summed E-state index contributed by atoms with van der Waals surface area (Å²) in [5.74, 6) is -1.47. The van der Waals surface area contributed by atoms with Gasteiger partial charge in [0.15, 0.2) is 9.84 Å². The van der Waals surface area contributed by atoms with Crippen LogP contribution in [-0.2, 0) is 14.6 Å². The minimum absolute atomic E-state index is 0.00304. The number of amides is 2. The molecular formula is C16H17FN2O4S2. The van der Waals surface area contributed by atoms with Gasteiger partial charge in [0.2, 0.25) is 5.91 Å². The highest BCUT2D eigenvalue weighted by Crippen LogP contribution is 2.32. The van der Waals surface area contributed by atoms with Gasteiger partial charge in [0.05, 0.1) is 16.4 Å². The number of hydrogen-bond acceptors (Lipinski definition) is 5. The summed E-state index contributed by atoms with van der Waals surface area (Å²) in [6, 6.07) is 4.64. The Kier molecular flexibility index (Phi) is 4.79. The van der Waals surface area contributed by atoms with Gasteiger partial charge in [0.25, 0.3) is 5.91 Å². The maximum Gasteiger partial charge on any atom is 0.280 e. The molecule has 1 atom stereocenters.